The van der Waals surface area contributed by atoms with Gasteiger partial charge in [0, 0.05) is 13.1 Å². The molecule has 2 aromatic heterocycles. The third kappa shape index (κ3) is 2.59. The summed E-state index contributed by atoms with van der Waals surface area (Å²) in [6.07, 6.45) is 1.67. The number of aromatic nitrogens is 3. The molecule has 1 N–H and O–H groups in total. The first-order valence-corrected chi connectivity index (χ1v) is 6.92. The fourth-order valence-electron chi connectivity index (χ4n) is 2.34. The molecule has 1 atom stereocenters. The molecule has 1 unspecified atom stereocenters. The van der Waals surface area contributed by atoms with Crippen LogP contribution in [0, 0.1) is 0 Å². The first-order valence-electron chi connectivity index (χ1n) is 6.54. The molecule has 0 amide bonds. The number of fused-ring (bicyclic) bond motifs is 1. The normalized spacial score (nSPS) is 20.6. The molecule has 0 saturated carbocycles. The lowest BCUT2D eigenvalue weighted by Gasteiger charge is -2.39. The number of hydrogen-bond donors (Lipinski definition) is 1. The predicted molar refractivity (Wildman–Crippen MR) is 76.2 cm³/mol. The van der Waals surface area contributed by atoms with Gasteiger partial charge in [-0.15, -0.1) is 5.10 Å². The number of anilines is 1. The topological polar surface area (TPSA) is 62.9 Å². The lowest BCUT2D eigenvalue weighted by Crippen LogP contribution is -2.52. The van der Waals surface area contributed by atoms with Crippen molar-refractivity contribution in [3.05, 3.63) is 23.6 Å². The molecule has 1 aliphatic heterocycles. The molecular weight excluding hydrogens is 280 g/mol. The first kappa shape index (κ1) is 13.6. The van der Waals surface area contributed by atoms with Crippen LogP contribution in [0.25, 0.3) is 5.65 Å². The van der Waals surface area contributed by atoms with Gasteiger partial charge in [-0.3, -0.25) is 0 Å². The summed E-state index contributed by atoms with van der Waals surface area (Å²) in [4.78, 5) is 6.26. The highest BCUT2D eigenvalue weighted by Gasteiger charge is 2.32. The number of aliphatic hydroxyl groups is 1. The molecule has 1 saturated heterocycles. The average molecular weight is 297 g/mol. The van der Waals surface area contributed by atoms with Gasteiger partial charge < -0.3 is 14.7 Å². The molecule has 3 rings (SSSR count). The van der Waals surface area contributed by atoms with Crippen molar-refractivity contribution in [1.82, 2.24) is 14.6 Å². The molecule has 6 nitrogen and oxygen atoms in total. The second kappa shape index (κ2) is 4.87. The van der Waals surface area contributed by atoms with Crippen molar-refractivity contribution >= 4 is 22.9 Å². The first-order chi connectivity index (χ1) is 9.43. The SMILES string of the molecule is CC(C)(O)C1CN(c2ccc3nc(Cl)nn3c2)CCO1. The van der Waals surface area contributed by atoms with Crippen molar-refractivity contribution in [2.75, 3.05) is 24.6 Å². The summed E-state index contributed by atoms with van der Waals surface area (Å²) >= 11 is 5.79. The Balaban J connectivity index is 1.86. The molecule has 20 heavy (non-hydrogen) atoms. The van der Waals surface area contributed by atoms with E-state index >= 15 is 0 Å². The Morgan fingerprint density at radius 3 is 3.00 bits per heavy atom. The minimum atomic E-state index is -0.862. The molecule has 1 fully saturated rings. The highest BCUT2D eigenvalue weighted by molar-refractivity contribution is 6.28. The molecule has 7 heteroatoms. The van der Waals surface area contributed by atoms with Crippen LogP contribution in [-0.4, -0.2) is 51.1 Å². The number of nitrogens with zero attached hydrogens (tertiary/aromatic N) is 4. The highest BCUT2D eigenvalue weighted by Crippen LogP contribution is 2.23. The molecule has 2 aromatic rings. The van der Waals surface area contributed by atoms with E-state index in [1.165, 1.54) is 0 Å². The van der Waals surface area contributed by atoms with Gasteiger partial charge in [-0.05, 0) is 37.6 Å². The summed E-state index contributed by atoms with van der Waals surface area (Å²) in [7, 11) is 0. The number of rotatable bonds is 2. The largest absolute Gasteiger partial charge is 0.388 e. The highest BCUT2D eigenvalue weighted by atomic mass is 35.5. The zero-order valence-electron chi connectivity index (χ0n) is 11.5. The third-order valence-corrected chi connectivity index (χ3v) is 3.67. The van der Waals surface area contributed by atoms with Crippen LogP contribution in [0.2, 0.25) is 5.28 Å². The van der Waals surface area contributed by atoms with E-state index in [0.717, 1.165) is 12.2 Å². The quantitative estimate of drug-likeness (QED) is 0.906. The van der Waals surface area contributed by atoms with E-state index in [4.69, 9.17) is 16.3 Å². The molecular formula is C13H17ClN4O2. The molecule has 0 bridgehead atoms. The van der Waals surface area contributed by atoms with Gasteiger partial charge in [0.1, 0.15) is 6.10 Å². The number of pyridine rings is 1. The molecule has 0 aromatic carbocycles. The van der Waals surface area contributed by atoms with E-state index in [9.17, 15) is 5.11 Å². The van der Waals surface area contributed by atoms with E-state index in [-0.39, 0.29) is 11.4 Å². The van der Waals surface area contributed by atoms with E-state index in [2.05, 4.69) is 15.0 Å². The Morgan fingerprint density at radius 1 is 1.45 bits per heavy atom. The van der Waals surface area contributed by atoms with Crippen molar-refractivity contribution in [3.63, 3.8) is 0 Å². The molecule has 3 heterocycles. The second-order valence-electron chi connectivity index (χ2n) is 5.53. The van der Waals surface area contributed by atoms with Crippen molar-refractivity contribution in [2.45, 2.75) is 25.6 Å². The van der Waals surface area contributed by atoms with Gasteiger partial charge in [0.05, 0.1) is 24.1 Å². The van der Waals surface area contributed by atoms with Crippen molar-refractivity contribution in [1.29, 1.82) is 0 Å². The maximum Gasteiger partial charge on any atom is 0.243 e. The van der Waals surface area contributed by atoms with Crippen LogP contribution in [0.3, 0.4) is 0 Å². The summed E-state index contributed by atoms with van der Waals surface area (Å²) in [6.45, 7) is 5.53. The average Bonchev–Trinajstić information content (AvgIpc) is 2.77. The maximum atomic E-state index is 10.1. The van der Waals surface area contributed by atoms with Gasteiger partial charge in [0.15, 0.2) is 5.65 Å². The van der Waals surface area contributed by atoms with Gasteiger partial charge in [-0.2, -0.15) is 4.98 Å². The van der Waals surface area contributed by atoms with Gasteiger partial charge in [-0.25, -0.2) is 4.52 Å². The summed E-state index contributed by atoms with van der Waals surface area (Å²) < 4.78 is 7.30. The van der Waals surface area contributed by atoms with Gasteiger partial charge >= 0.3 is 0 Å². The number of ether oxygens (including phenoxy) is 1. The molecule has 108 valence electrons. The standard InChI is InChI=1S/C13H17ClN4O2/c1-13(2,19)10-8-17(5-6-20-10)9-3-4-11-15-12(14)16-18(11)7-9/h3-4,7,10,19H,5-6,8H2,1-2H3. The second-order valence-corrected chi connectivity index (χ2v) is 5.87. The predicted octanol–water partition coefficient (Wildman–Crippen LogP) is 1.36. The minimum absolute atomic E-state index is 0.216. The number of morpholine rings is 1. The summed E-state index contributed by atoms with van der Waals surface area (Å²) in [5, 5.41) is 14.4. The van der Waals surface area contributed by atoms with Crippen molar-refractivity contribution in [2.24, 2.45) is 0 Å². The zero-order chi connectivity index (χ0) is 14.3. The van der Waals surface area contributed by atoms with Crippen LogP contribution in [0.1, 0.15) is 13.8 Å². The van der Waals surface area contributed by atoms with Gasteiger partial charge in [0.25, 0.3) is 0 Å². The van der Waals surface area contributed by atoms with Crippen LogP contribution >= 0.6 is 11.6 Å². The van der Waals surface area contributed by atoms with Crippen LogP contribution < -0.4 is 4.90 Å². The maximum absolute atomic E-state index is 10.1. The summed E-state index contributed by atoms with van der Waals surface area (Å²) in [6, 6.07) is 3.86. The summed E-state index contributed by atoms with van der Waals surface area (Å²) in [5.41, 5.74) is 0.863. The Kier molecular flexibility index (Phi) is 3.32. The van der Waals surface area contributed by atoms with E-state index in [1.54, 1.807) is 18.4 Å². The summed E-state index contributed by atoms with van der Waals surface area (Å²) in [5.74, 6) is 0. The molecule has 0 radical (unpaired) electrons. The molecule has 1 aliphatic rings. The third-order valence-electron chi connectivity index (χ3n) is 3.51. The van der Waals surface area contributed by atoms with Gasteiger partial charge in [-0.1, -0.05) is 0 Å². The van der Waals surface area contributed by atoms with Crippen molar-refractivity contribution in [3.8, 4) is 0 Å². The van der Waals surface area contributed by atoms with E-state index in [1.807, 2.05) is 18.3 Å². The fourth-order valence-corrected chi connectivity index (χ4v) is 2.51. The minimum Gasteiger partial charge on any atom is -0.388 e. The number of halogens is 1. The zero-order valence-corrected chi connectivity index (χ0v) is 12.2. The lowest BCUT2D eigenvalue weighted by molar-refractivity contribution is -0.0928. The molecule has 0 spiro atoms. The smallest absolute Gasteiger partial charge is 0.243 e. The van der Waals surface area contributed by atoms with Crippen LogP contribution in [0.15, 0.2) is 18.3 Å². The Bertz CT molecular complexity index is 622. The fraction of sp³-hybridized carbons (Fsp3) is 0.538. The van der Waals surface area contributed by atoms with Crippen molar-refractivity contribution < 1.29 is 9.84 Å². The Morgan fingerprint density at radius 2 is 2.25 bits per heavy atom. The lowest BCUT2D eigenvalue weighted by atomic mass is 10.00. The van der Waals surface area contributed by atoms with Crippen LogP contribution in [0.5, 0.6) is 0 Å². The van der Waals surface area contributed by atoms with Crippen LogP contribution in [-0.2, 0) is 4.74 Å². The number of hydrogen-bond acceptors (Lipinski definition) is 5. The Hall–Kier alpha value is -1.37. The molecule has 0 aliphatic carbocycles. The van der Waals surface area contributed by atoms with Gasteiger partial charge in [0.2, 0.25) is 5.28 Å². The van der Waals surface area contributed by atoms with E-state index < -0.39 is 5.60 Å². The Labute approximate surface area is 121 Å². The van der Waals surface area contributed by atoms with Crippen LogP contribution in [0.4, 0.5) is 5.69 Å². The monoisotopic (exact) mass is 296 g/mol. The van der Waals surface area contributed by atoms with E-state index in [0.29, 0.717) is 18.8 Å².